The van der Waals surface area contributed by atoms with Gasteiger partial charge in [0, 0.05) is 16.4 Å². The van der Waals surface area contributed by atoms with E-state index < -0.39 is 6.03 Å². The quantitative estimate of drug-likeness (QED) is 0.580. The highest BCUT2D eigenvalue weighted by atomic mass is 79.9. The number of aromatic nitrogens is 2. The van der Waals surface area contributed by atoms with Crippen LogP contribution >= 0.6 is 15.9 Å². The van der Waals surface area contributed by atoms with Gasteiger partial charge < -0.3 is 10.6 Å². The van der Waals surface area contributed by atoms with Crippen molar-refractivity contribution in [1.82, 2.24) is 20.0 Å². The minimum atomic E-state index is -0.412. The Labute approximate surface area is 174 Å². The van der Waals surface area contributed by atoms with Crippen LogP contribution in [0.5, 0.6) is 0 Å². The van der Waals surface area contributed by atoms with Crippen LogP contribution in [-0.2, 0) is 11.3 Å². The largest absolute Gasteiger partial charge is 0.329 e. The smallest absolute Gasteiger partial charge is 0.324 e. The second kappa shape index (κ2) is 7.88. The van der Waals surface area contributed by atoms with E-state index in [0.717, 1.165) is 20.6 Å². The fraction of sp³-hybridized carbons (Fsp3) is 0.100. The molecule has 1 saturated heterocycles. The van der Waals surface area contributed by atoms with Crippen molar-refractivity contribution in [3.63, 3.8) is 0 Å². The first-order valence-electron chi connectivity index (χ1n) is 8.79. The van der Waals surface area contributed by atoms with Crippen LogP contribution in [0.15, 0.2) is 65.4 Å². The summed E-state index contributed by atoms with van der Waals surface area (Å²) in [6, 6.07) is 14.2. The number of hydrogen-bond donors (Lipinski definition) is 2. The van der Waals surface area contributed by atoms with E-state index >= 15 is 0 Å². The van der Waals surface area contributed by atoms with Gasteiger partial charge in [-0.3, -0.25) is 14.5 Å². The van der Waals surface area contributed by atoms with Crippen molar-refractivity contribution in [2.75, 3.05) is 11.9 Å². The SMILES string of the molecule is O=C(Nc1cccc(CN2C(=O)CNC2=O)c1)c1cnn(-c2ccc(Br)cc2)c1. The Morgan fingerprint density at radius 2 is 1.97 bits per heavy atom. The zero-order chi connectivity index (χ0) is 20.4. The molecule has 146 valence electrons. The summed E-state index contributed by atoms with van der Waals surface area (Å²) in [5, 5.41) is 9.53. The van der Waals surface area contributed by atoms with E-state index in [1.807, 2.05) is 24.3 Å². The number of imide groups is 1. The molecule has 1 aliphatic rings. The van der Waals surface area contributed by atoms with Gasteiger partial charge in [-0.1, -0.05) is 28.1 Å². The third-order valence-electron chi connectivity index (χ3n) is 4.40. The van der Waals surface area contributed by atoms with Gasteiger partial charge >= 0.3 is 6.03 Å². The topological polar surface area (TPSA) is 96.3 Å². The standard InChI is InChI=1S/C20H16BrN5O3/c21-15-4-6-17(7-5-15)26-12-14(9-23-26)19(28)24-16-3-1-2-13(8-16)11-25-18(27)10-22-20(25)29/h1-9,12H,10-11H2,(H,22,29)(H,24,28). The fourth-order valence-corrected chi connectivity index (χ4v) is 3.19. The highest BCUT2D eigenvalue weighted by molar-refractivity contribution is 9.10. The lowest BCUT2D eigenvalue weighted by molar-refractivity contribution is -0.125. The first-order chi connectivity index (χ1) is 14.0. The summed E-state index contributed by atoms with van der Waals surface area (Å²) in [4.78, 5) is 37.1. The second-order valence-electron chi connectivity index (χ2n) is 6.44. The van der Waals surface area contributed by atoms with Gasteiger partial charge in [0.15, 0.2) is 0 Å². The summed E-state index contributed by atoms with van der Waals surface area (Å²) in [7, 11) is 0. The first kappa shape index (κ1) is 18.9. The van der Waals surface area contributed by atoms with Gasteiger partial charge in [-0.05, 0) is 42.0 Å². The summed E-state index contributed by atoms with van der Waals surface area (Å²) in [5.74, 6) is -0.578. The average Bonchev–Trinajstić information content (AvgIpc) is 3.32. The van der Waals surface area contributed by atoms with Crippen molar-refractivity contribution in [3.8, 4) is 5.69 Å². The Morgan fingerprint density at radius 1 is 1.17 bits per heavy atom. The number of halogens is 1. The van der Waals surface area contributed by atoms with Gasteiger partial charge in [-0.25, -0.2) is 9.48 Å². The molecule has 0 aliphatic carbocycles. The number of rotatable bonds is 5. The number of amides is 4. The number of nitrogens with zero attached hydrogens (tertiary/aromatic N) is 3. The fourth-order valence-electron chi connectivity index (χ4n) is 2.92. The molecule has 2 heterocycles. The van der Waals surface area contributed by atoms with Crippen molar-refractivity contribution in [1.29, 1.82) is 0 Å². The van der Waals surface area contributed by atoms with E-state index in [1.165, 1.54) is 6.20 Å². The third kappa shape index (κ3) is 4.19. The Hall–Kier alpha value is -3.46. The Balaban J connectivity index is 1.45. The molecule has 0 spiro atoms. The molecule has 4 amide bonds. The predicted octanol–water partition coefficient (Wildman–Crippen LogP) is 2.94. The van der Waals surface area contributed by atoms with E-state index in [2.05, 4.69) is 31.7 Å². The molecule has 0 radical (unpaired) electrons. The molecular weight excluding hydrogens is 438 g/mol. The molecule has 8 nitrogen and oxygen atoms in total. The molecule has 9 heteroatoms. The van der Waals surface area contributed by atoms with Crippen LogP contribution < -0.4 is 10.6 Å². The molecule has 0 unspecified atom stereocenters. The zero-order valence-electron chi connectivity index (χ0n) is 15.1. The number of urea groups is 1. The highest BCUT2D eigenvalue weighted by Gasteiger charge is 2.28. The molecule has 0 atom stereocenters. The van der Waals surface area contributed by atoms with E-state index in [1.54, 1.807) is 35.1 Å². The molecule has 1 aromatic heterocycles. The van der Waals surface area contributed by atoms with E-state index in [9.17, 15) is 14.4 Å². The minimum absolute atomic E-state index is 0.0115. The second-order valence-corrected chi connectivity index (χ2v) is 7.36. The van der Waals surface area contributed by atoms with Crippen molar-refractivity contribution in [2.24, 2.45) is 0 Å². The first-order valence-corrected chi connectivity index (χ1v) is 9.58. The van der Waals surface area contributed by atoms with Crippen LogP contribution in [-0.4, -0.2) is 39.1 Å². The van der Waals surface area contributed by atoms with Gasteiger partial charge in [-0.15, -0.1) is 0 Å². The van der Waals surface area contributed by atoms with Crippen LogP contribution in [0.25, 0.3) is 5.69 Å². The molecule has 1 fully saturated rings. The predicted molar refractivity (Wildman–Crippen MR) is 110 cm³/mol. The van der Waals surface area contributed by atoms with E-state index in [0.29, 0.717) is 11.3 Å². The van der Waals surface area contributed by atoms with Crippen molar-refractivity contribution in [3.05, 3.63) is 76.5 Å². The molecule has 2 N–H and O–H groups in total. The summed E-state index contributed by atoms with van der Waals surface area (Å²) in [6.07, 6.45) is 3.14. The average molecular weight is 454 g/mol. The number of carbonyl (C=O) groups excluding carboxylic acids is 3. The molecule has 4 rings (SSSR count). The van der Waals surface area contributed by atoms with Crippen molar-refractivity contribution in [2.45, 2.75) is 6.54 Å². The lowest BCUT2D eigenvalue weighted by atomic mass is 10.2. The molecule has 2 aromatic carbocycles. The molecule has 29 heavy (non-hydrogen) atoms. The number of anilines is 1. The van der Waals surface area contributed by atoms with Gasteiger partial charge in [0.2, 0.25) is 5.91 Å². The maximum absolute atomic E-state index is 12.6. The maximum Gasteiger partial charge on any atom is 0.324 e. The van der Waals surface area contributed by atoms with Gasteiger partial charge in [0.05, 0.1) is 30.5 Å². The normalized spacial score (nSPS) is 13.5. The molecule has 3 aromatic rings. The van der Waals surface area contributed by atoms with Crippen molar-refractivity contribution >= 4 is 39.5 Å². The Kier molecular flexibility index (Phi) is 5.13. The molecule has 0 saturated carbocycles. The molecular formula is C20H16BrN5O3. The number of carbonyl (C=O) groups is 3. The van der Waals surface area contributed by atoms with Crippen LogP contribution in [0.4, 0.5) is 10.5 Å². The van der Waals surface area contributed by atoms with Crippen LogP contribution in [0.1, 0.15) is 15.9 Å². The van der Waals surface area contributed by atoms with Crippen LogP contribution in [0, 0.1) is 0 Å². The summed E-state index contributed by atoms with van der Waals surface area (Å²) in [6.45, 7) is 0.160. The minimum Gasteiger partial charge on any atom is -0.329 e. The zero-order valence-corrected chi connectivity index (χ0v) is 16.7. The lowest BCUT2D eigenvalue weighted by Gasteiger charge is -2.13. The number of hydrogen-bond acceptors (Lipinski definition) is 4. The number of benzene rings is 2. The lowest BCUT2D eigenvalue weighted by Crippen LogP contribution is -2.30. The van der Waals surface area contributed by atoms with Gasteiger partial charge in [0.25, 0.3) is 5.91 Å². The Morgan fingerprint density at radius 3 is 2.69 bits per heavy atom. The van der Waals surface area contributed by atoms with Gasteiger partial charge in [-0.2, -0.15) is 5.10 Å². The van der Waals surface area contributed by atoms with E-state index in [-0.39, 0.29) is 24.9 Å². The highest BCUT2D eigenvalue weighted by Crippen LogP contribution is 2.17. The van der Waals surface area contributed by atoms with Gasteiger partial charge in [0.1, 0.15) is 0 Å². The van der Waals surface area contributed by atoms with Crippen molar-refractivity contribution < 1.29 is 14.4 Å². The Bertz CT molecular complexity index is 1080. The number of nitrogens with one attached hydrogen (secondary N) is 2. The third-order valence-corrected chi connectivity index (χ3v) is 4.93. The summed E-state index contributed by atoms with van der Waals surface area (Å²) >= 11 is 3.39. The van der Waals surface area contributed by atoms with Crippen LogP contribution in [0.3, 0.4) is 0 Å². The monoisotopic (exact) mass is 453 g/mol. The van der Waals surface area contributed by atoms with E-state index in [4.69, 9.17) is 0 Å². The van der Waals surface area contributed by atoms with Crippen LogP contribution in [0.2, 0.25) is 0 Å². The summed E-state index contributed by atoms with van der Waals surface area (Å²) in [5.41, 5.74) is 2.55. The molecule has 1 aliphatic heterocycles. The summed E-state index contributed by atoms with van der Waals surface area (Å²) < 4.78 is 2.58. The molecule has 0 bridgehead atoms. The maximum atomic E-state index is 12.6.